The van der Waals surface area contributed by atoms with Crippen LogP contribution in [-0.2, 0) is 17.9 Å². The normalized spacial score (nSPS) is 12.7. The van der Waals surface area contributed by atoms with Crippen LogP contribution in [0.25, 0.3) is 0 Å². The Kier molecular flexibility index (Phi) is 6.24. The standard InChI is InChI=1S/C18H14BrF6NO/c19-16(17(20,21)22,18(23,24)25)15(27)26(11-13-7-3-1-4-8-13)12-14-9-5-2-6-10-14/h1-10H,11-12H2. The molecule has 146 valence electrons. The van der Waals surface area contributed by atoms with Gasteiger partial charge >= 0.3 is 12.4 Å². The Bertz CT molecular complexity index is 705. The van der Waals surface area contributed by atoms with E-state index < -0.39 is 35.7 Å². The number of hydrogen-bond donors (Lipinski definition) is 0. The molecule has 0 saturated heterocycles. The van der Waals surface area contributed by atoms with Gasteiger partial charge < -0.3 is 4.90 Å². The van der Waals surface area contributed by atoms with E-state index in [2.05, 4.69) is 0 Å². The van der Waals surface area contributed by atoms with E-state index in [1.165, 1.54) is 24.3 Å². The summed E-state index contributed by atoms with van der Waals surface area (Å²) >= 11 is 1.68. The number of halogens is 7. The summed E-state index contributed by atoms with van der Waals surface area (Å²) in [6.45, 7) is -0.817. The first kappa shape index (κ1) is 21.3. The number of rotatable bonds is 5. The first-order chi connectivity index (χ1) is 12.5. The monoisotopic (exact) mass is 453 g/mol. The van der Waals surface area contributed by atoms with Crippen LogP contribution in [0.4, 0.5) is 26.3 Å². The summed E-state index contributed by atoms with van der Waals surface area (Å²) in [5.74, 6) is -2.12. The maximum atomic E-state index is 13.3. The molecule has 0 aliphatic rings. The zero-order valence-corrected chi connectivity index (χ0v) is 15.3. The summed E-state index contributed by atoms with van der Waals surface area (Å²) in [6, 6.07) is 15.7. The van der Waals surface area contributed by atoms with Gasteiger partial charge in [-0.25, -0.2) is 0 Å². The van der Waals surface area contributed by atoms with Crippen LogP contribution in [0.1, 0.15) is 11.1 Å². The first-order valence-corrected chi connectivity index (χ1v) is 8.45. The minimum atomic E-state index is -5.87. The Balaban J connectivity index is 2.45. The van der Waals surface area contributed by atoms with Gasteiger partial charge in [-0.15, -0.1) is 0 Å². The highest BCUT2D eigenvalue weighted by Crippen LogP contribution is 2.50. The molecular formula is C18H14BrF6NO. The van der Waals surface area contributed by atoms with Crippen molar-refractivity contribution in [2.75, 3.05) is 0 Å². The van der Waals surface area contributed by atoms with Gasteiger partial charge in [-0.2, -0.15) is 26.3 Å². The van der Waals surface area contributed by atoms with E-state index in [0.29, 0.717) is 16.0 Å². The minimum Gasteiger partial charge on any atom is -0.332 e. The maximum Gasteiger partial charge on any atom is 0.421 e. The number of carbonyl (C=O) groups excluding carboxylic acids is 1. The molecule has 0 spiro atoms. The number of nitrogens with zero attached hydrogens (tertiary/aromatic N) is 1. The lowest BCUT2D eigenvalue weighted by atomic mass is 10.0. The Hall–Kier alpha value is -2.03. The van der Waals surface area contributed by atoms with Gasteiger partial charge in [-0.1, -0.05) is 76.6 Å². The van der Waals surface area contributed by atoms with E-state index in [4.69, 9.17) is 0 Å². The predicted molar refractivity (Wildman–Crippen MR) is 90.9 cm³/mol. The van der Waals surface area contributed by atoms with Gasteiger partial charge in [0.1, 0.15) is 0 Å². The van der Waals surface area contributed by atoms with Gasteiger partial charge in [0.2, 0.25) is 0 Å². The van der Waals surface area contributed by atoms with E-state index in [9.17, 15) is 31.1 Å². The van der Waals surface area contributed by atoms with Crippen molar-refractivity contribution in [3.8, 4) is 0 Å². The topological polar surface area (TPSA) is 20.3 Å². The van der Waals surface area contributed by atoms with Gasteiger partial charge in [0, 0.05) is 13.1 Å². The van der Waals surface area contributed by atoms with Crippen molar-refractivity contribution in [1.82, 2.24) is 4.90 Å². The zero-order valence-electron chi connectivity index (χ0n) is 13.7. The van der Waals surface area contributed by atoms with E-state index in [1.54, 1.807) is 52.3 Å². The number of alkyl halides is 7. The van der Waals surface area contributed by atoms with Crippen molar-refractivity contribution >= 4 is 21.8 Å². The first-order valence-electron chi connectivity index (χ1n) is 7.66. The lowest BCUT2D eigenvalue weighted by Gasteiger charge is -2.35. The quantitative estimate of drug-likeness (QED) is 0.434. The third-order valence-electron chi connectivity index (χ3n) is 3.80. The maximum absolute atomic E-state index is 13.3. The third-order valence-corrected chi connectivity index (χ3v) is 5.03. The van der Waals surface area contributed by atoms with Crippen LogP contribution in [0.15, 0.2) is 60.7 Å². The Morgan fingerprint density at radius 1 is 0.741 bits per heavy atom. The van der Waals surface area contributed by atoms with Crippen LogP contribution in [0, 0.1) is 0 Å². The summed E-state index contributed by atoms with van der Waals surface area (Å²) in [5, 5.41) is 0. The van der Waals surface area contributed by atoms with Crippen LogP contribution in [0.5, 0.6) is 0 Å². The average molecular weight is 454 g/mol. The molecule has 0 atom stereocenters. The number of amides is 1. The number of carbonyl (C=O) groups is 1. The molecule has 0 heterocycles. The molecule has 0 bridgehead atoms. The highest BCUT2D eigenvalue weighted by Gasteiger charge is 2.75. The molecule has 0 aliphatic heterocycles. The molecule has 9 heteroatoms. The largest absolute Gasteiger partial charge is 0.421 e. The van der Waals surface area contributed by atoms with Crippen LogP contribution >= 0.6 is 15.9 Å². The Morgan fingerprint density at radius 3 is 1.37 bits per heavy atom. The minimum absolute atomic E-state index is 0.404. The molecule has 27 heavy (non-hydrogen) atoms. The smallest absolute Gasteiger partial charge is 0.332 e. The van der Waals surface area contributed by atoms with Crippen molar-refractivity contribution < 1.29 is 31.1 Å². The van der Waals surface area contributed by atoms with E-state index in [-0.39, 0.29) is 0 Å². The SMILES string of the molecule is O=C(N(Cc1ccccc1)Cc1ccccc1)C(Br)(C(F)(F)F)C(F)(F)F. The van der Waals surface area contributed by atoms with Gasteiger partial charge in [0.15, 0.2) is 0 Å². The van der Waals surface area contributed by atoms with E-state index >= 15 is 0 Å². The van der Waals surface area contributed by atoms with Crippen LogP contribution < -0.4 is 0 Å². The summed E-state index contributed by atoms with van der Waals surface area (Å²) in [6.07, 6.45) is -11.7. The molecule has 2 aromatic carbocycles. The highest BCUT2D eigenvalue weighted by molar-refractivity contribution is 9.10. The third kappa shape index (κ3) is 4.63. The lowest BCUT2D eigenvalue weighted by Crippen LogP contribution is -2.61. The second-order valence-corrected chi connectivity index (χ2v) is 6.98. The molecule has 0 N–H and O–H groups in total. The number of hydrogen-bond acceptors (Lipinski definition) is 1. The van der Waals surface area contributed by atoms with E-state index in [1.807, 2.05) is 0 Å². The fourth-order valence-electron chi connectivity index (χ4n) is 2.43. The van der Waals surface area contributed by atoms with Gasteiger partial charge in [-0.3, -0.25) is 4.79 Å². The van der Waals surface area contributed by atoms with Gasteiger partial charge in [0.05, 0.1) is 0 Å². The fourth-order valence-corrected chi connectivity index (χ4v) is 2.68. The lowest BCUT2D eigenvalue weighted by molar-refractivity contribution is -0.258. The van der Waals surface area contributed by atoms with Crippen molar-refractivity contribution in [2.45, 2.75) is 29.8 Å². The molecule has 0 unspecified atom stereocenters. The fraction of sp³-hybridized carbons (Fsp3) is 0.278. The van der Waals surface area contributed by atoms with Crippen molar-refractivity contribution in [2.24, 2.45) is 0 Å². The predicted octanol–water partition coefficient (Wildman–Crippen LogP) is 5.47. The molecule has 0 aliphatic carbocycles. The molecule has 0 radical (unpaired) electrons. The second-order valence-electron chi connectivity index (χ2n) is 5.79. The van der Waals surface area contributed by atoms with Crippen LogP contribution in [0.3, 0.4) is 0 Å². The van der Waals surface area contributed by atoms with Crippen molar-refractivity contribution in [3.63, 3.8) is 0 Å². The summed E-state index contributed by atoms with van der Waals surface area (Å²) in [4.78, 5) is 13.0. The molecule has 2 rings (SSSR count). The number of benzene rings is 2. The molecular weight excluding hydrogens is 440 g/mol. The van der Waals surface area contributed by atoms with Crippen LogP contribution in [-0.4, -0.2) is 27.5 Å². The molecule has 2 nitrogen and oxygen atoms in total. The summed E-state index contributed by atoms with van der Waals surface area (Å²) in [7, 11) is 0. The zero-order chi connectivity index (χ0) is 20.3. The molecule has 0 saturated carbocycles. The van der Waals surface area contributed by atoms with Gasteiger partial charge in [-0.05, 0) is 11.1 Å². The van der Waals surface area contributed by atoms with Crippen molar-refractivity contribution in [3.05, 3.63) is 71.8 Å². The highest BCUT2D eigenvalue weighted by atomic mass is 79.9. The van der Waals surface area contributed by atoms with Crippen molar-refractivity contribution in [1.29, 1.82) is 0 Å². The van der Waals surface area contributed by atoms with Crippen LogP contribution in [0.2, 0.25) is 0 Å². The Labute approximate surface area is 159 Å². The molecule has 0 aromatic heterocycles. The average Bonchev–Trinajstić information content (AvgIpc) is 2.59. The summed E-state index contributed by atoms with van der Waals surface area (Å²) in [5.41, 5.74) is 0.807. The molecule has 1 amide bonds. The summed E-state index contributed by atoms with van der Waals surface area (Å²) < 4.78 is 75.0. The van der Waals surface area contributed by atoms with E-state index in [0.717, 1.165) is 0 Å². The Morgan fingerprint density at radius 2 is 1.07 bits per heavy atom. The molecule has 2 aromatic rings. The second kappa shape index (κ2) is 7.92. The van der Waals surface area contributed by atoms with Gasteiger partial charge in [0.25, 0.3) is 10.2 Å². The molecule has 0 fully saturated rings.